The Balaban J connectivity index is 2.71. The van der Waals surface area contributed by atoms with Gasteiger partial charge >= 0.3 is 0 Å². The third kappa shape index (κ3) is 1.47. The fraction of sp³-hybridized carbons (Fsp3) is 0.556. The van der Waals surface area contributed by atoms with Gasteiger partial charge in [-0.2, -0.15) is 0 Å². The molecule has 0 aromatic carbocycles. The molecule has 0 saturated carbocycles. The van der Waals surface area contributed by atoms with Crippen molar-refractivity contribution in [2.45, 2.75) is 26.7 Å². The standard InChI is InChI=1S/C9H13F/c1-3-8-4-5-9(10)6-7(8)2/h4-5,7H,3,6H2,1-2H3. The third-order valence-electron chi connectivity index (χ3n) is 2.02. The Morgan fingerprint density at radius 1 is 1.60 bits per heavy atom. The van der Waals surface area contributed by atoms with E-state index in [-0.39, 0.29) is 5.83 Å². The summed E-state index contributed by atoms with van der Waals surface area (Å²) in [5.74, 6) is 0.430. The monoisotopic (exact) mass is 140 g/mol. The molecule has 0 saturated heterocycles. The summed E-state index contributed by atoms with van der Waals surface area (Å²) in [6, 6.07) is 0. The lowest BCUT2D eigenvalue weighted by Crippen LogP contribution is -2.02. The van der Waals surface area contributed by atoms with Gasteiger partial charge in [-0.3, -0.25) is 0 Å². The topological polar surface area (TPSA) is 0 Å². The Bertz CT molecular complexity index is 177. The van der Waals surface area contributed by atoms with Gasteiger partial charge in [0.25, 0.3) is 0 Å². The smallest absolute Gasteiger partial charge is 0.100 e. The maximum absolute atomic E-state index is 12.6. The van der Waals surface area contributed by atoms with E-state index in [1.165, 1.54) is 5.57 Å². The fourth-order valence-electron chi connectivity index (χ4n) is 1.32. The summed E-state index contributed by atoms with van der Waals surface area (Å²) in [4.78, 5) is 0. The van der Waals surface area contributed by atoms with Gasteiger partial charge in [0.2, 0.25) is 0 Å². The van der Waals surface area contributed by atoms with Gasteiger partial charge in [0.1, 0.15) is 5.83 Å². The van der Waals surface area contributed by atoms with Gasteiger partial charge in [-0.15, -0.1) is 0 Å². The molecule has 56 valence electrons. The van der Waals surface area contributed by atoms with E-state index in [1.807, 2.05) is 6.08 Å². The Hall–Kier alpha value is -0.590. The summed E-state index contributed by atoms with van der Waals surface area (Å²) in [5.41, 5.74) is 1.36. The molecule has 10 heavy (non-hydrogen) atoms. The van der Waals surface area contributed by atoms with Crippen molar-refractivity contribution >= 4 is 0 Å². The van der Waals surface area contributed by atoms with Crippen LogP contribution in [0.5, 0.6) is 0 Å². The largest absolute Gasteiger partial charge is 0.212 e. The van der Waals surface area contributed by atoms with Gasteiger partial charge in [0, 0.05) is 6.42 Å². The van der Waals surface area contributed by atoms with Crippen molar-refractivity contribution in [2.24, 2.45) is 5.92 Å². The Morgan fingerprint density at radius 3 is 2.80 bits per heavy atom. The fourth-order valence-corrected chi connectivity index (χ4v) is 1.32. The van der Waals surface area contributed by atoms with E-state index in [0.29, 0.717) is 12.3 Å². The zero-order valence-electron chi connectivity index (χ0n) is 6.52. The third-order valence-corrected chi connectivity index (χ3v) is 2.02. The number of hydrogen-bond donors (Lipinski definition) is 0. The van der Waals surface area contributed by atoms with Gasteiger partial charge in [-0.1, -0.05) is 25.5 Å². The van der Waals surface area contributed by atoms with Crippen LogP contribution in [0.15, 0.2) is 23.6 Å². The van der Waals surface area contributed by atoms with Crippen LogP contribution in [-0.4, -0.2) is 0 Å². The summed E-state index contributed by atoms with van der Waals surface area (Å²) in [5, 5.41) is 0. The predicted molar refractivity (Wildman–Crippen MR) is 41.3 cm³/mol. The molecule has 1 aliphatic carbocycles. The van der Waals surface area contributed by atoms with E-state index in [2.05, 4.69) is 13.8 Å². The van der Waals surface area contributed by atoms with Crippen molar-refractivity contribution in [1.29, 1.82) is 0 Å². The first-order valence-electron chi connectivity index (χ1n) is 3.79. The quantitative estimate of drug-likeness (QED) is 0.524. The average Bonchev–Trinajstić information content (AvgIpc) is 1.88. The maximum atomic E-state index is 12.6. The highest BCUT2D eigenvalue weighted by molar-refractivity contribution is 5.22. The molecule has 1 aliphatic rings. The highest BCUT2D eigenvalue weighted by atomic mass is 19.1. The molecule has 1 atom stereocenters. The van der Waals surface area contributed by atoms with Crippen LogP contribution in [0.2, 0.25) is 0 Å². The summed E-state index contributed by atoms with van der Waals surface area (Å²) in [7, 11) is 0. The molecule has 0 aliphatic heterocycles. The SMILES string of the molecule is CCC1=CC=C(F)CC1C. The zero-order chi connectivity index (χ0) is 7.56. The van der Waals surface area contributed by atoms with E-state index in [0.717, 1.165) is 6.42 Å². The van der Waals surface area contributed by atoms with Crippen LogP contribution in [0.4, 0.5) is 4.39 Å². The zero-order valence-corrected chi connectivity index (χ0v) is 6.52. The molecule has 0 bridgehead atoms. The van der Waals surface area contributed by atoms with Crippen LogP contribution in [0.25, 0.3) is 0 Å². The molecule has 1 rings (SSSR count). The van der Waals surface area contributed by atoms with Crippen LogP contribution in [0, 0.1) is 5.92 Å². The van der Waals surface area contributed by atoms with Crippen LogP contribution in [-0.2, 0) is 0 Å². The van der Waals surface area contributed by atoms with Gasteiger partial charge in [-0.25, -0.2) is 4.39 Å². The van der Waals surface area contributed by atoms with E-state index in [1.54, 1.807) is 6.08 Å². The second kappa shape index (κ2) is 3.00. The lowest BCUT2D eigenvalue weighted by molar-refractivity contribution is 0.514. The molecule has 0 N–H and O–H groups in total. The summed E-state index contributed by atoms with van der Waals surface area (Å²) < 4.78 is 12.6. The number of hydrogen-bond acceptors (Lipinski definition) is 0. The van der Waals surface area contributed by atoms with Crippen molar-refractivity contribution in [1.82, 2.24) is 0 Å². The Morgan fingerprint density at radius 2 is 2.30 bits per heavy atom. The molecular weight excluding hydrogens is 127 g/mol. The van der Waals surface area contributed by atoms with E-state index < -0.39 is 0 Å². The lowest BCUT2D eigenvalue weighted by atomic mass is 9.91. The second-order valence-electron chi connectivity index (χ2n) is 2.81. The van der Waals surface area contributed by atoms with Crippen LogP contribution >= 0.6 is 0 Å². The molecule has 0 heterocycles. The van der Waals surface area contributed by atoms with E-state index in [4.69, 9.17) is 0 Å². The second-order valence-corrected chi connectivity index (χ2v) is 2.81. The van der Waals surface area contributed by atoms with Gasteiger partial charge in [0.15, 0.2) is 0 Å². The number of halogens is 1. The normalized spacial score (nSPS) is 25.7. The van der Waals surface area contributed by atoms with Gasteiger partial charge in [-0.05, 0) is 18.4 Å². The van der Waals surface area contributed by atoms with E-state index in [9.17, 15) is 4.39 Å². The minimum atomic E-state index is 0.0182. The predicted octanol–water partition coefficient (Wildman–Crippen LogP) is 3.22. The molecule has 0 aromatic heterocycles. The molecule has 0 amide bonds. The molecule has 0 radical (unpaired) electrons. The Labute approximate surface area is 61.4 Å². The van der Waals surface area contributed by atoms with Gasteiger partial charge < -0.3 is 0 Å². The summed E-state index contributed by atoms with van der Waals surface area (Å²) in [6.07, 6.45) is 5.13. The first-order valence-corrected chi connectivity index (χ1v) is 3.79. The minimum absolute atomic E-state index is 0.0182. The number of rotatable bonds is 1. The van der Waals surface area contributed by atoms with Gasteiger partial charge in [0.05, 0.1) is 0 Å². The Kier molecular flexibility index (Phi) is 2.25. The molecule has 1 heteroatoms. The van der Waals surface area contributed by atoms with Crippen molar-refractivity contribution < 1.29 is 4.39 Å². The van der Waals surface area contributed by atoms with Crippen LogP contribution < -0.4 is 0 Å². The first kappa shape index (κ1) is 7.52. The van der Waals surface area contributed by atoms with Crippen molar-refractivity contribution in [3.63, 3.8) is 0 Å². The molecular formula is C9H13F. The minimum Gasteiger partial charge on any atom is -0.212 e. The summed E-state index contributed by atoms with van der Waals surface area (Å²) >= 11 is 0. The molecule has 0 fully saturated rings. The first-order chi connectivity index (χ1) is 4.74. The molecule has 0 spiro atoms. The summed E-state index contributed by atoms with van der Waals surface area (Å²) in [6.45, 7) is 4.18. The van der Waals surface area contributed by atoms with E-state index >= 15 is 0 Å². The molecule has 1 unspecified atom stereocenters. The molecule has 0 aromatic rings. The van der Waals surface area contributed by atoms with Crippen molar-refractivity contribution in [2.75, 3.05) is 0 Å². The van der Waals surface area contributed by atoms with Crippen molar-refractivity contribution in [3.05, 3.63) is 23.6 Å². The lowest BCUT2D eigenvalue weighted by Gasteiger charge is -2.16. The van der Waals surface area contributed by atoms with Crippen LogP contribution in [0.1, 0.15) is 26.7 Å². The number of allylic oxidation sites excluding steroid dienone is 4. The molecule has 0 nitrogen and oxygen atoms in total. The van der Waals surface area contributed by atoms with Crippen molar-refractivity contribution in [3.8, 4) is 0 Å². The average molecular weight is 140 g/mol. The highest BCUT2D eigenvalue weighted by Gasteiger charge is 2.12. The highest BCUT2D eigenvalue weighted by Crippen LogP contribution is 2.26. The maximum Gasteiger partial charge on any atom is 0.100 e. The van der Waals surface area contributed by atoms with Crippen LogP contribution in [0.3, 0.4) is 0 Å².